The number of amides is 1. The Kier molecular flexibility index (Phi) is 3.97. The molecule has 0 saturated carbocycles. The molecule has 0 atom stereocenters. The highest BCUT2D eigenvalue weighted by atomic mass is 32.1. The van der Waals surface area contributed by atoms with Crippen LogP contribution in [-0.2, 0) is 11.0 Å². The zero-order valence-corrected chi connectivity index (χ0v) is 11.3. The summed E-state index contributed by atoms with van der Waals surface area (Å²) in [6.45, 7) is 0. The molecule has 0 aliphatic rings. The number of aromatic nitrogens is 1. The van der Waals surface area contributed by atoms with Crippen molar-refractivity contribution in [3.05, 3.63) is 22.4 Å². The molecule has 0 aliphatic heterocycles. The number of nitrogens with zero attached hydrogens (tertiary/aromatic N) is 1. The number of thiophene rings is 1. The van der Waals surface area contributed by atoms with Gasteiger partial charge >= 0.3 is 18.3 Å². The van der Waals surface area contributed by atoms with E-state index in [0.29, 0.717) is 11.3 Å². The average molecular weight is 346 g/mol. The van der Waals surface area contributed by atoms with Crippen LogP contribution in [0.25, 0.3) is 10.6 Å². The Morgan fingerprint density at radius 1 is 1.10 bits per heavy atom. The fraction of sp³-hybridized carbons (Fsp3) is 0.200. The van der Waals surface area contributed by atoms with Crippen molar-refractivity contribution in [2.75, 3.05) is 5.32 Å². The van der Waals surface area contributed by atoms with E-state index < -0.39 is 23.8 Å². The smallest absolute Gasteiger partial charge is 0.294 e. The van der Waals surface area contributed by atoms with E-state index >= 15 is 0 Å². The van der Waals surface area contributed by atoms with E-state index in [-0.39, 0.29) is 15.7 Å². The molecule has 0 aliphatic carbocycles. The number of hydrogen-bond acceptors (Lipinski definition) is 4. The van der Waals surface area contributed by atoms with Crippen molar-refractivity contribution in [2.24, 2.45) is 0 Å². The van der Waals surface area contributed by atoms with Gasteiger partial charge in [0.15, 0.2) is 5.13 Å². The molecular weight excluding hydrogens is 342 g/mol. The molecule has 0 saturated heterocycles. The fourth-order valence-corrected chi connectivity index (χ4v) is 2.89. The third-order valence-corrected chi connectivity index (χ3v) is 3.87. The van der Waals surface area contributed by atoms with Gasteiger partial charge in [0.2, 0.25) is 0 Å². The molecule has 1 amide bonds. The van der Waals surface area contributed by atoms with Crippen molar-refractivity contribution < 1.29 is 31.1 Å². The molecule has 0 radical (unpaired) electrons. The highest BCUT2D eigenvalue weighted by Crippen LogP contribution is 2.37. The molecule has 2 heterocycles. The van der Waals surface area contributed by atoms with E-state index in [1.807, 2.05) is 0 Å². The van der Waals surface area contributed by atoms with Gasteiger partial charge in [-0.2, -0.15) is 26.3 Å². The number of halogens is 6. The molecule has 2 rings (SSSR count). The first kappa shape index (κ1) is 15.8. The maximum Gasteiger partial charge on any atom is 0.471 e. The van der Waals surface area contributed by atoms with E-state index in [0.717, 1.165) is 22.8 Å². The van der Waals surface area contributed by atoms with Crippen LogP contribution >= 0.6 is 22.7 Å². The molecule has 0 unspecified atom stereocenters. The Labute approximate surface area is 121 Å². The summed E-state index contributed by atoms with van der Waals surface area (Å²) in [6, 6.07) is 0.842. The summed E-state index contributed by atoms with van der Waals surface area (Å²) in [4.78, 5) is 14.5. The molecule has 0 bridgehead atoms. The van der Waals surface area contributed by atoms with Crippen molar-refractivity contribution >= 4 is 33.7 Å². The molecule has 114 valence electrons. The largest absolute Gasteiger partial charge is 0.471 e. The number of nitrogens with one attached hydrogen (secondary N) is 1. The van der Waals surface area contributed by atoms with Crippen molar-refractivity contribution in [3.8, 4) is 10.6 Å². The molecule has 21 heavy (non-hydrogen) atoms. The first-order chi connectivity index (χ1) is 9.57. The number of anilines is 1. The fourth-order valence-electron chi connectivity index (χ4n) is 1.23. The molecule has 2 aromatic rings. The quantitative estimate of drug-likeness (QED) is 0.820. The Morgan fingerprint density at radius 3 is 2.29 bits per heavy atom. The Balaban J connectivity index is 2.17. The van der Waals surface area contributed by atoms with Gasteiger partial charge in [0.05, 0.1) is 16.1 Å². The highest BCUT2D eigenvalue weighted by Gasteiger charge is 2.39. The van der Waals surface area contributed by atoms with Crippen molar-refractivity contribution in [1.82, 2.24) is 4.98 Å². The monoisotopic (exact) mass is 346 g/mol. The molecule has 0 aromatic carbocycles. The molecule has 0 fully saturated rings. The molecule has 0 spiro atoms. The average Bonchev–Trinajstić information content (AvgIpc) is 2.93. The van der Waals surface area contributed by atoms with Gasteiger partial charge in [0, 0.05) is 10.8 Å². The standard InChI is InChI=1S/C10H4F6N2OS2/c11-9(12,13)4-1-6(20-2-4)5-3-21-8(17-5)18-7(19)10(14,15)16/h1-3H,(H,17,18,19). The maximum absolute atomic E-state index is 12.4. The van der Waals surface area contributed by atoms with Crippen molar-refractivity contribution in [3.63, 3.8) is 0 Å². The summed E-state index contributed by atoms with van der Waals surface area (Å²) in [6.07, 6.45) is -9.56. The van der Waals surface area contributed by atoms with Gasteiger partial charge in [-0.3, -0.25) is 10.1 Å². The Hall–Kier alpha value is -1.62. The van der Waals surface area contributed by atoms with Crippen LogP contribution in [0.5, 0.6) is 0 Å². The number of carbonyl (C=O) groups excluding carboxylic acids is 1. The van der Waals surface area contributed by atoms with Crippen LogP contribution in [0.2, 0.25) is 0 Å². The second kappa shape index (κ2) is 5.30. The van der Waals surface area contributed by atoms with E-state index in [1.54, 1.807) is 0 Å². The minimum atomic E-state index is -5.06. The molecular formula is C10H4F6N2OS2. The van der Waals surface area contributed by atoms with Crippen LogP contribution in [0.3, 0.4) is 0 Å². The topological polar surface area (TPSA) is 42.0 Å². The van der Waals surface area contributed by atoms with E-state index in [1.165, 1.54) is 10.7 Å². The van der Waals surface area contributed by atoms with Crippen molar-refractivity contribution in [1.29, 1.82) is 0 Å². The van der Waals surface area contributed by atoms with Crippen LogP contribution in [0.15, 0.2) is 16.8 Å². The zero-order valence-electron chi connectivity index (χ0n) is 9.67. The van der Waals surface area contributed by atoms with Crippen LogP contribution in [0.4, 0.5) is 31.5 Å². The number of rotatable bonds is 2. The van der Waals surface area contributed by atoms with Crippen LogP contribution in [0, 0.1) is 0 Å². The van der Waals surface area contributed by atoms with E-state index in [2.05, 4.69) is 4.98 Å². The molecule has 1 N–H and O–H groups in total. The second-order valence-corrected chi connectivity index (χ2v) is 5.46. The van der Waals surface area contributed by atoms with Gasteiger partial charge in [-0.15, -0.1) is 22.7 Å². The first-order valence-electron chi connectivity index (χ1n) is 5.07. The van der Waals surface area contributed by atoms with Crippen LogP contribution < -0.4 is 5.32 Å². The van der Waals surface area contributed by atoms with Crippen molar-refractivity contribution in [2.45, 2.75) is 12.4 Å². The second-order valence-electron chi connectivity index (χ2n) is 3.69. The summed E-state index contributed by atoms with van der Waals surface area (Å²) in [5, 5.41) is 3.34. The number of alkyl halides is 6. The SMILES string of the molecule is O=C(Nc1nc(-c2cc(C(F)(F)F)cs2)cs1)C(F)(F)F. The van der Waals surface area contributed by atoms with E-state index in [4.69, 9.17) is 0 Å². The van der Waals surface area contributed by atoms with Gasteiger partial charge in [-0.1, -0.05) is 0 Å². The molecule has 11 heteroatoms. The molecule has 2 aromatic heterocycles. The summed E-state index contributed by atoms with van der Waals surface area (Å²) >= 11 is 1.44. The zero-order chi connectivity index (χ0) is 15.8. The van der Waals surface area contributed by atoms with Gasteiger partial charge in [-0.25, -0.2) is 4.98 Å². The lowest BCUT2D eigenvalue weighted by molar-refractivity contribution is -0.167. The first-order valence-corrected chi connectivity index (χ1v) is 6.83. The molecule has 3 nitrogen and oxygen atoms in total. The number of thiazole rings is 1. The van der Waals surface area contributed by atoms with Gasteiger partial charge in [0.1, 0.15) is 0 Å². The highest BCUT2D eigenvalue weighted by molar-refractivity contribution is 7.16. The van der Waals surface area contributed by atoms with Crippen LogP contribution in [-0.4, -0.2) is 17.1 Å². The summed E-state index contributed by atoms with van der Waals surface area (Å²) in [7, 11) is 0. The van der Waals surface area contributed by atoms with E-state index in [9.17, 15) is 31.1 Å². The lowest BCUT2D eigenvalue weighted by atomic mass is 10.3. The lowest BCUT2D eigenvalue weighted by Gasteiger charge is -2.04. The minimum absolute atomic E-state index is 0.0676. The summed E-state index contributed by atoms with van der Waals surface area (Å²) < 4.78 is 73.4. The minimum Gasteiger partial charge on any atom is -0.294 e. The Morgan fingerprint density at radius 2 is 1.76 bits per heavy atom. The van der Waals surface area contributed by atoms with Crippen LogP contribution in [0.1, 0.15) is 5.56 Å². The Bertz CT molecular complexity index is 657. The number of carbonyl (C=O) groups is 1. The van der Waals surface area contributed by atoms with Gasteiger partial charge in [0.25, 0.3) is 0 Å². The predicted octanol–water partition coefficient (Wildman–Crippen LogP) is 4.39. The van der Waals surface area contributed by atoms with Gasteiger partial charge in [-0.05, 0) is 6.07 Å². The maximum atomic E-state index is 12.4. The number of hydrogen-bond donors (Lipinski definition) is 1. The normalized spacial score (nSPS) is 12.5. The lowest BCUT2D eigenvalue weighted by Crippen LogP contribution is -2.29. The summed E-state index contributed by atoms with van der Waals surface area (Å²) in [5.41, 5.74) is -0.797. The third-order valence-electron chi connectivity index (χ3n) is 2.16. The third kappa shape index (κ3) is 3.73. The summed E-state index contributed by atoms with van der Waals surface area (Å²) in [5.74, 6) is -2.19. The predicted molar refractivity (Wildman–Crippen MR) is 65.1 cm³/mol. The van der Waals surface area contributed by atoms with Gasteiger partial charge < -0.3 is 0 Å².